The third kappa shape index (κ3) is 4.15. The zero-order valence-corrected chi connectivity index (χ0v) is 22.3. The van der Waals surface area contributed by atoms with Gasteiger partial charge in [-0.05, 0) is 60.9 Å². The number of hydrogen-bond donors (Lipinski definition) is 0. The van der Waals surface area contributed by atoms with E-state index in [1.165, 1.54) is 34.6 Å². The average molecular weight is 496 g/mol. The van der Waals surface area contributed by atoms with E-state index >= 15 is 0 Å². The van der Waals surface area contributed by atoms with Crippen LogP contribution in [0, 0.1) is 11.6 Å². The molecule has 0 radical (unpaired) electrons. The number of likely N-dealkylation sites (N-methyl/N-ethyl adjacent to an activating group) is 1. The lowest BCUT2D eigenvalue weighted by Crippen LogP contribution is -2.26. The predicted molar refractivity (Wildman–Crippen MR) is 150 cm³/mol. The van der Waals surface area contributed by atoms with Crippen LogP contribution in [0.3, 0.4) is 0 Å². The highest BCUT2D eigenvalue weighted by Gasteiger charge is 2.42. The van der Waals surface area contributed by atoms with Crippen LogP contribution in [0.25, 0.3) is 5.57 Å². The molecular formula is C33H33F2N2+. The number of halogens is 2. The Morgan fingerprint density at radius 1 is 0.838 bits per heavy atom. The second kappa shape index (κ2) is 8.95. The zero-order chi connectivity index (χ0) is 26.5. The topological polar surface area (TPSA) is 6.25 Å². The van der Waals surface area contributed by atoms with Crippen molar-refractivity contribution >= 4 is 22.7 Å². The fourth-order valence-corrected chi connectivity index (χ4v) is 5.91. The monoisotopic (exact) mass is 495 g/mol. The summed E-state index contributed by atoms with van der Waals surface area (Å²) in [4.78, 5) is 2.19. The lowest BCUT2D eigenvalue weighted by atomic mass is 9.81. The maximum Gasteiger partial charge on any atom is 0.209 e. The molecule has 0 N–H and O–H groups in total. The summed E-state index contributed by atoms with van der Waals surface area (Å²) in [5, 5.41) is 0. The van der Waals surface area contributed by atoms with Gasteiger partial charge in [0.1, 0.15) is 18.7 Å². The Balaban J connectivity index is 1.61. The Kier molecular flexibility index (Phi) is 6.02. The summed E-state index contributed by atoms with van der Waals surface area (Å²) in [5.41, 5.74) is 7.93. The molecule has 0 atom stereocenters. The highest BCUT2D eigenvalue weighted by Crippen LogP contribution is 2.46. The third-order valence-corrected chi connectivity index (χ3v) is 7.92. The maximum absolute atomic E-state index is 14.3. The van der Waals surface area contributed by atoms with Gasteiger partial charge in [-0.25, -0.2) is 8.78 Å². The molecule has 2 nitrogen and oxygen atoms in total. The molecule has 2 heterocycles. The molecule has 0 saturated heterocycles. The van der Waals surface area contributed by atoms with Crippen LogP contribution in [-0.4, -0.2) is 24.4 Å². The number of hydrogen-bond acceptors (Lipinski definition) is 1. The molecule has 5 rings (SSSR count). The SMILES string of the molecule is CN1/C(=C/C=C(/C=C/C2=[N+](C)c3ccccc3C2(C)C)c2cc(F)cc(F)c2)C(C)(C)c2ccccc21. The molecule has 37 heavy (non-hydrogen) atoms. The highest BCUT2D eigenvalue weighted by molar-refractivity contribution is 6.04. The van der Waals surface area contributed by atoms with E-state index in [0.29, 0.717) is 5.56 Å². The highest BCUT2D eigenvalue weighted by atomic mass is 19.1. The third-order valence-electron chi connectivity index (χ3n) is 7.92. The van der Waals surface area contributed by atoms with Crippen LogP contribution >= 0.6 is 0 Å². The van der Waals surface area contributed by atoms with Gasteiger partial charge in [-0.2, -0.15) is 4.58 Å². The summed E-state index contributed by atoms with van der Waals surface area (Å²) in [6.45, 7) is 8.82. The molecule has 0 saturated carbocycles. The predicted octanol–water partition coefficient (Wildman–Crippen LogP) is 7.92. The van der Waals surface area contributed by atoms with Crippen molar-refractivity contribution in [3.05, 3.63) is 125 Å². The van der Waals surface area contributed by atoms with Gasteiger partial charge >= 0.3 is 0 Å². The van der Waals surface area contributed by atoms with Crippen LogP contribution in [0.4, 0.5) is 20.2 Å². The van der Waals surface area contributed by atoms with Gasteiger partial charge < -0.3 is 4.90 Å². The van der Waals surface area contributed by atoms with Gasteiger partial charge in [-0.1, -0.05) is 56.3 Å². The molecule has 0 aromatic heterocycles. The van der Waals surface area contributed by atoms with Crippen molar-refractivity contribution in [1.82, 2.24) is 0 Å². The minimum Gasteiger partial charge on any atom is -0.347 e. The smallest absolute Gasteiger partial charge is 0.209 e. The molecule has 0 unspecified atom stereocenters. The van der Waals surface area contributed by atoms with Gasteiger partial charge in [-0.3, -0.25) is 0 Å². The summed E-state index contributed by atoms with van der Waals surface area (Å²) < 4.78 is 30.7. The Labute approximate surface area is 218 Å². The molecular weight excluding hydrogens is 462 g/mol. The first-order valence-corrected chi connectivity index (χ1v) is 12.6. The molecule has 188 valence electrons. The molecule has 3 aromatic carbocycles. The van der Waals surface area contributed by atoms with E-state index in [4.69, 9.17) is 0 Å². The lowest BCUT2D eigenvalue weighted by molar-refractivity contribution is -0.401. The van der Waals surface area contributed by atoms with Crippen molar-refractivity contribution in [3.8, 4) is 0 Å². The van der Waals surface area contributed by atoms with Gasteiger partial charge in [0.25, 0.3) is 0 Å². The number of rotatable bonds is 4. The minimum absolute atomic E-state index is 0.200. The minimum atomic E-state index is -0.592. The van der Waals surface area contributed by atoms with Crippen molar-refractivity contribution in [2.75, 3.05) is 19.0 Å². The van der Waals surface area contributed by atoms with E-state index in [0.717, 1.165) is 23.0 Å². The molecule has 0 fully saturated rings. The van der Waals surface area contributed by atoms with Gasteiger partial charge in [0.15, 0.2) is 5.71 Å². The van der Waals surface area contributed by atoms with Crippen molar-refractivity contribution in [2.45, 2.75) is 38.5 Å². The number of fused-ring (bicyclic) bond motifs is 2. The first-order chi connectivity index (χ1) is 17.5. The number of nitrogens with zero attached hydrogens (tertiary/aromatic N) is 2. The zero-order valence-electron chi connectivity index (χ0n) is 22.3. The Morgan fingerprint density at radius 2 is 1.46 bits per heavy atom. The van der Waals surface area contributed by atoms with Crippen LogP contribution in [0.5, 0.6) is 0 Å². The molecule has 2 aliphatic heterocycles. The second-order valence-corrected chi connectivity index (χ2v) is 11.0. The van der Waals surface area contributed by atoms with Crippen molar-refractivity contribution in [3.63, 3.8) is 0 Å². The van der Waals surface area contributed by atoms with Crippen LogP contribution in [0.2, 0.25) is 0 Å². The Hall–Kier alpha value is -3.79. The fourth-order valence-electron chi connectivity index (χ4n) is 5.91. The summed E-state index contributed by atoms with van der Waals surface area (Å²) in [5.74, 6) is -1.18. The van der Waals surface area contributed by atoms with Crippen molar-refractivity contribution in [2.24, 2.45) is 0 Å². The first kappa shape index (κ1) is 24.9. The summed E-state index contributed by atoms with van der Waals surface area (Å²) in [6, 6.07) is 20.5. The molecule has 2 aliphatic rings. The number of allylic oxidation sites excluding steroid dienone is 6. The summed E-state index contributed by atoms with van der Waals surface area (Å²) in [7, 11) is 4.13. The standard InChI is InChI=1S/C33H33F2N2/c1-32(2)26-11-7-9-13-28(26)36(5)30(32)17-15-22(23-19-24(34)21-25(35)20-23)16-18-31-33(3,4)27-12-8-10-14-29(27)37(31)6/h7-21H,1-6H3/q+1. The molecule has 4 heteroatoms. The fraction of sp³-hybridized carbons (Fsp3) is 0.242. The van der Waals surface area contributed by atoms with E-state index in [1.807, 2.05) is 24.3 Å². The average Bonchev–Trinajstić information content (AvgIpc) is 3.17. The van der Waals surface area contributed by atoms with Crippen LogP contribution in [0.1, 0.15) is 44.4 Å². The van der Waals surface area contributed by atoms with Gasteiger partial charge in [-0.15, -0.1) is 0 Å². The summed E-state index contributed by atoms with van der Waals surface area (Å²) >= 11 is 0. The second-order valence-electron chi connectivity index (χ2n) is 11.0. The first-order valence-electron chi connectivity index (χ1n) is 12.6. The largest absolute Gasteiger partial charge is 0.347 e. The van der Waals surface area contributed by atoms with Crippen LogP contribution in [0.15, 0.2) is 96.7 Å². The van der Waals surface area contributed by atoms with E-state index in [2.05, 4.69) is 99.8 Å². The molecule has 3 aromatic rings. The van der Waals surface area contributed by atoms with E-state index < -0.39 is 11.6 Å². The van der Waals surface area contributed by atoms with Crippen LogP contribution < -0.4 is 4.90 Å². The summed E-state index contributed by atoms with van der Waals surface area (Å²) in [6.07, 6.45) is 8.09. The molecule has 0 spiro atoms. The van der Waals surface area contributed by atoms with Crippen molar-refractivity contribution in [1.29, 1.82) is 0 Å². The number of para-hydroxylation sites is 2. The maximum atomic E-state index is 14.3. The Morgan fingerprint density at radius 3 is 2.11 bits per heavy atom. The quantitative estimate of drug-likeness (QED) is 0.263. The van der Waals surface area contributed by atoms with Crippen molar-refractivity contribution < 1.29 is 13.4 Å². The number of benzene rings is 3. The Bertz CT molecular complexity index is 1500. The molecule has 0 amide bonds. The van der Waals surface area contributed by atoms with E-state index in [9.17, 15) is 8.78 Å². The lowest BCUT2D eigenvalue weighted by Gasteiger charge is -2.24. The van der Waals surface area contributed by atoms with E-state index in [-0.39, 0.29) is 10.8 Å². The van der Waals surface area contributed by atoms with Gasteiger partial charge in [0.05, 0.1) is 5.41 Å². The van der Waals surface area contributed by atoms with Gasteiger partial charge in [0.2, 0.25) is 5.69 Å². The number of anilines is 1. The molecule has 0 bridgehead atoms. The van der Waals surface area contributed by atoms with Crippen LogP contribution in [-0.2, 0) is 10.8 Å². The molecule has 0 aliphatic carbocycles. The van der Waals surface area contributed by atoms with E-state index in [1.54, 1.807) is 0 Å². The van der Waals surface area contributed by atoms with Gasteiger partial charge in [0, 0.05) is 47.6 Å². The normalized spacial score (nSPS) is 19.2.